The van der Waals surface area contributed by atoms with Crippen molar-refractivity contribution in [3.05, 3.63) is 0 Å². The maximum absolute atomic E-state index is 12.5. The summed E-state index contributed by atoms with van der Waals surface area (Å²) in [5.74, 6) is 0.708. The van der Waals surface area contributed by atoms with Crippen LogP contribution in [0, 0.1) is 5.92 Å². The minimum Gasteiger partial charge on any atom is -0.297 e. The van der Waals surface area contributed by atoms with Gasteiger partial charge in [-0.3, -0.25) is 4.90 Å². The summed E-state index contributed by atoms with van der Waals surface area (Å²) in [5.41, 5.74) is -2.61. The van der Waals surface area contributed by atoms with Crippen molar-refractivity contribution in [2.75, 3.05) is 19.6 Å². The lowest BCUT2D eigenvalue weighted by Crippen LogP contribution is -2.38. The zero-order valence-electron chi connectivity index (χ0n) is 7.39. The van der Waals surface area contributed by atoms with Crippen molar-refractivity contribution in [3.8, 4) is 0 Å². The molecule has 0 spiro atoms. The van der Waals surface area contributed by atoms with E-state index in [2.05, 4.69) is 6.92 Å². The predicted octanol–water partition coefficient (Wildman–Crippen LogP) is 2.19. The molecule has 1 unspecified atom stereocenters. The summed E-state index contributed by atoms with van der Waals surface area (Å²) in [7, 11) is 1.60. The van der Waals surface area contributed by atoms with E-state index in [9.17, 15) is 8.78 Å². The van der Waals surface area contributed by atoms with Crippen LogP contribution in [-0.2, 0) is 0 Å². The van der Waals surface area contributed by atoms with Gasteiger partial charge in [-0.2, -0.15) is 0 Å². The lowest BCUT2D eigenvalue weighted by atomic mass is 9.99. The summed E-state index contributed by atoms with van der Waals surface area (Å²) in [6.45, 7) is 3.72. The third kappa shape index (κ3) is 3.77. The van der Waals surface area contributed by atoms with E-state index in [0.717, 1.165) is 25.9 Å². The van der Waals surface area contributed by atoms with Crippen molar-refractivity contribution < 1.29 is 8.78 Å². The van der Waals surface area contributed by atoms with Crippen LogP contribution >= 0.6 is 9.24 Å². The molecular formula is C8H16F2NP. The average molecular weight is 195 g/mol. The fourth-order valence-electron chi connectivity index (χ4n) is 1.52. The highest BCUT2D eigenvalue weighted by Gasteiger charge is 2.27. The summed E-state index contributed by atoms with van der Waals surface area (Å²) >= 11 is 0. The maximum Gasteiger partial charge on any atom is 0.271 e. The first-order valence-electron chi connectivity index (χ1n) is 4.36. The fraction of sp³-hybridized carbons (Fsp3) is 1.00. The van der Waals surface area contributed by atoms with Crippen LogP contribution in [0.15, 0.2) is 0 Å². The molecule has 0 N–H and O–H groups in total. The van der Waals surface area contributed by atoms with Crippen molar-refractivity contribution >= 4 is 9.24 Å². The Morgan fingerprint density at radius 1 is 1.42 bits per heavy atom. The van der Waals surface area contributed by atoms with Gasteiger partial charge in [0.15, 0.2) is 0 Å². The smallest absolute Gasteiger partial charge is 0.271 e. The van der Waals surface area contributed by atoms with Crippen LogP contribution in [0.5, 0.6) is 0 Å². The summed E-state index contributed by atoms with van der Waals surface area (Å²) in [6, 6.07) is 0. The molecule has 0 radical (unpaired) electrons. The highest BCUT2D eigenvalue weighted by molar-refractivity contribution is 7.18. The molecule has 1 rings (SSSR count). The van der Waals surface area contributed by atoms with Gasteiger partial charge in [0.25, 0.3) is 5.66 Å². The molecule has 0 aromatic heterocycles. The van der Waals surface area contributed by atoms with Gasteiger partial charge in [-0.1, -0.05) is 16.2 Å². The van der Waals surface area contributed by atoms with E-state index in [1.807, 2.05) is 4.90 Å². The lowest BCUT2D eigenvalue weighted by Gasteiger charge is -2.31. The van der Waals surface area contributed by atoms with Crippen molar-refractivity contribution in [1.82, 2.24) is 4.90 Å². The van der Waals surface area contributed by atoms with Crippen LogP contribution < -0.4 is 0 Å². The number of piperidine rings is 1. The molecule has 1 heterocycles. The first kappa shape index (κ1) is 10.3. The third-order valence-electron chi connectivity index (χ3n) is 2.31. The molecular weight excluding hydrogens is 179 g/mol. The van der Waals surface area contributed by atoms with Crippen LogP contribution in [0.2, 0.25) is 0 Å². The van der Waals surface area contributed by atoms with Crippen LogP contribution in [-0.4, -0.2) is 30.2 Å². The van der Waals surface area contributed by atoms with Gasteiger partial charge in [-0.25, -0.2) is 8.78 Å². The van der Waals surface area contributed by atoms with E-state index >= 15 is 0 Å². The normalized spacial score (nSPS) is 23.0. The molecule has 0 saturated carbocycles. The SMILES string of the molecule is CC1CCN(CC(F)(F)P)CC1. The number of alkyl halides is 2. The van der Waals surface area contributed by atoms with Gasteiger partial charge in [-0.15, -0.1) is 0 Å². The second-order valence-electron chi connectivity index (χ2n) is 3.72. The van der Waals surface area contributed by atoms with Gasteiger partial charge in [0.05, 0.1) is 6.54 Å². The van der Waals surface area contributed by atoms with E-state index in [1.165, 1.54) is 0 Å². The molecule has 72 valence electrons. The number of nitrogens with zero attached hydrogens (tertiary/aromatic N) is 1. The summed E-state index contributed by atoms with van der Waals surface area (Å²) < 4.78 is 25.1. The standard InChI is InChI=1S/C8H16F2NP/c1-7-2-4-11(5-3-7)6-8(9,10)12/h7H,2-6,12H2,1H3. The summed E-state index contributed by atoms with van der Waals surface area (Å²) in [5, 5.41) is 0. The highest BCUT2D eigenvalue weighted by atomic mass is 31.0. The molecule has 12 heavy (non-hydrogen) atoms. The molecule has 1 saturated heterocycles. The Hall–Kier alpha value is 0.250. The Bertz CT molecular complexity index is 138. The van der Waals surface area contributed by atoms with E-state index in [0.29, 0.717) is 5.92 Å². The fourth-order valence-corrected chi connectivity index (χ4v) is 1.78. The molecule has 0 bridgehead atoms. The average Bonchev–Trinajstić information content (AvgIpc) is 1.91. The minimum atomic E-state index is -2.61. The van der Waals surface area contributed by atoms with Gasteiger partial charge in [0.1, 0.15) is 0 Å². The second-order valence-corrected chi connectivity index (χ2v) is 4.56. The molecule has 1 aliphatic rings. The Morgan fingerprint density at radius 3 is 2.33 bits per heavy atom. The van der Waals surface area contributed by atoms with Crippen LogP contribution in [0.1, 0.15) is 19.8 Å². The van der Waals surface area contributed by atoms with Crippen molar-refractivity contribution in [2.24, 2.45) is 5.92 Å². The first-order chi connectivity index (χ1) is 5.47. The molecule has 0 aromatic carbocycles. The Kier molecular flexibility index (Phi) is 3.42. The Balaban J connectivity index is 2.26. The summed E-state index contributed by atoms with van der Waals surface area (Å²) in [4.78, 5) is 1.84. The lowest BCUT2D eigenvalue weighted by molar-refractivity contribution is 0.0409. The number of hydrogen-bond acceptors (Lipinski definition) is 1. The molecule has 0 amide bonds. The Morgan fingerprint density at radius 2 is 1.92 bits per heavy atom. The molecule has 0 aromatic rings. The largest absolute Gasteiger partial charge is 0.297 e. The van der Waals surface area contributed by atoms with Crippen LogP contribution in [0.4, 0.5) is 8.78 Å². The number of halogens is 2. The monoisotopic (exact) mass is 195 g/mol. The minimum absolute atomic E-state index is 0.107. The molecule has 1 atom stereocenters. The second kappa shape index (κ2) is 3.97. The molecule has 0 aliphatic carbocycles. The summed E-state index contributed by atoms with van der Waals surface area (Å²) in [6.07, 6.45) is 2.11. The number of hydrogen-bond donors (Lipinski definition) is 0. The van der Waals surface area contributed by atoms with Crippen molar-refractivity contribution in [1.29, 1.82) is 0 Å². The zero-order chi connectivity index (χ0) is 9.19. The van der Waals surface area contributed by atoms with Crippen LogP contribution in [0.25, 0.3) is 0 Å². The molecule has 1 fully saturated rings. The highest BCUT2D eigenvalue weighted by Crippen LogP contribution is 2.25. The van der Waals surface area contributed by atoms with E-state index in [-0.39, 0.29) is 6.54 Å². The molecule has 1 nitrogen and oxygen atoms in total. The maximum atomic E-state index is 12.5. The van der Waals surface area contributed by atoms with Gasteiger partial charge in [0, 0.05) is 0 Å². The van der Waals surface area contributed by atoms with E-state index in [4.69, 9.17) is 0 Å². The van der Waals surface area contributed by atoms with Gasteiger partial charge >= 0.3 is 0 Å². The van der Waals surface area contributed by atoms with Gasteiger partial charge in [-0.05, 0) is 31.8 Å². The van der Waals surface area contributed by atoms with Crippen molar-refractivity contribution in [3.63, 3.8) is 0 Å². The van der Waals surface area contributed by atoms with Crippen LogP contribution in [0.3, 0.4) is 0 Å². The molecule has 4 heteroatoms. The topological polar surface area (TPSA) is 3.24 Å². The van der Waals surface area contributed by atoms with Crippen molar-refractivity contribution in [2.45, 2.75) is 25.4 Å². The van der Waals surface area contributed by atoms with E-state index in [1.54, 1.807) is 9.24 Å². The predicted molar refractivity (Wildman–Crippen MR) is 49.5 cm³/mol. The van der Waals surface area contributed by atoms with Gasteiger partial charge < -0.3 is 0 Å². The van der Waals surface area contributed by atoms with E-state index < -0.39 is 5.66 Å². The Labute approximate surface area is 74.7 Å². The third-order valence-corrected chi connectivity index (χ3v) is 2.49. The number of rotatable bonds is 2. The zero-order valence-corrected chi connectivity index (χ0v) is 8.55. The quantitative estimate of drug-likeness (QED) is 0.610. The first-order valence-corrected chi connectivity index (χ1v) is 4.94. The van der Waals surface area contributed by atoms with Gasteiger partial charge in [0.2, 0.25) is 0 Å². The molecule has 1 aliphatic heterocycles. The number of likely N-dealkylation sites (tertiary alicyclic amines) is 1.